The van der Waals surface area contributed by atoms with Gasteiger partial charge in [0.05, 0.1) is 18.9 Å². The predicted octanol–water partition coefficient (Wildman–Crippen LogP) is 1.21. The van der Waals surface area contributed by atoms with E-state index in [9.17, 15) is 14.4 Å². The van der Waals surface area contributed by atoms with Crippen LogP contribution in [0.25, 0.3) is 0 Å². The maximum atomic E-state index is 12.6. The van der Waals surface area contributed by atoms with E-state index in [1.54, 1.807) is 32.0 Å². The molecule has 1 atom stereocenters. The van der Waals surface area contributed by atoms with E-state index < -0.39 is 6.10 Å². The van der Waals surface area contributed by atoms with Gasteiger partial charge in [0.25, 0.3) is 11.5 Å². The summed E-state index contributed by atoms with van der Waals surface area (Å²) in [5, 5.41) is 5.54. The van der Waals surface area contributed by atoms with E-state index in [1.807, 2.05) is 4.90 Å². The van der Waals surface area contributed by atoms with Crippen molar-refractivity contribution in [3.63, 3.8) is 0 Å². The number of aromatic nitrogens is 2. The van der Waals surface area contributed by atoms with Gasteiger partial charge in [-0.1, -0.05) is 0 Å². The number of rotatable bonds is 5. The van der Waals surface area contributed by atoms with Crippen LogP contribution in [0, 0.1) is 6.92 Å². The Morgan fingerprint density at radius 2 is 2.06 bits per heavy atom. The lowest BCUT2D eigenvalue weighted by molar-refractivity contribution is -0.122. The molecule has 0 spiro atoms. The molecule has 0 unspecified atom stereocenters. The van der Waals surface area contributed by atoms with E-state index >= 15 is 0 Å². The fraction of sp³-hybridized carbons (Fsp3) is 0.429. The Kier molecular flexibility index (Phi) is 5.90. The molecule has 2 aromatic rings. The lowest BCUT2D eigenvalue weighted by Crippen LogP contribution is -2.38. The number of carbonyl (C=O) groups excluding carboxylic acids is 2. The summed E-state index contributed by atoms with van der Waals surface area (Å²) in [7, 11) is 0. The van der Waals surface area contributed by atoms with E-state index in [4.69, 9.17) is 9.47 Å². The minimum absolute atomic E-state index is 0.124. The maximum absolute atomic E-state index is 12.6. The van der Waals surface area contributed by atoms with Crippen molar-refractivity contribution in [1.82, 2.24) is 9.97 Å². The molecule has 1 aromatic heterocycles. The van der Waals surface area contributed by atoms with Crippen LogP contribution in [-0.4, -0.2) is 54.2 Å². The fourth-order valence-electron chi connectivity index (χ4n) is 3.56. The molecule has 3 N–H and O–H groups in total. The lowest BCUT2D eigenvalue weighted by atomic mass is 10.1. The number of benzene rings is 1. The number of anilines is 3. The van der Waals surface area contributed by atoms with Gasteiger partial charge < -0.3 is 25.0 Å². The number of nitrogens with one attached hydrogen (secondary N) is 3. The minimum atomic E-state index is -0.558. The zero-order valence-corrected chi connectivity index (χ0v) is 17.5. The Bertz CT molecular complexity index is 1060. The first kappa shape index (κ1) is 20.9. The number of morpholine rings is 1. The zero-order valence-electron chi connectivity index (χ0n) is 17.5. The molecule has 1 aromatic carbocycles. The van der Waals surface area contributed by atoms with Gasteiger partial charge in [-0.15, -0.1) is 0 Å². The number of aryl methyl sites for hydroxylation is 1. The number of nitrogens with zero attached hydrogens (tertiary/aromatic N) is 2. The van der Waals surface area contributed by atoms with Crippen LogP contribution in [0.1, 0.15) is 24.6 Å². The third kappa shape index (κ3) is 4.69. The monoisotopic (exact) mass is 427 g/mol. The normalized spacial score (nSPS) is 18.1. The second kappa shape index (κ2) is 8.76. The van der Waals surface area contributed by atoms with Crippen molar-refractivity contribution in [3.05, 3.63) is 39.8 Å². The first-order valence-electron chi connectivity index (χ1n) is 10.2. The molecular formula is C21H25N5O5. The quantitative estimate of drug-likeness (QED) is 0.655. The van der Waals surface area contributed by atoms with Gasteiger partial charge in [0.2, 0.25) is 11.9 Å². The molecule has 0 saturated carbocycles. The minimum Gasteiger partial charge on any atom is -0.479 e. The summed E-state index contributed by atoms with van der Waals surface area (Å²) in [5.74, 6) is 0.608. The molecule has 10 nitrogen and oxygen atoms in total. The second-order valence-electron chi connectivity index (χ2n) is 7.56. The Morgan fingerprint density at radius 3 is 2.81 bits per heavy atom. The smallest absolute Gasteiger partial charge is 0.265 e. The van der Waals surface area contributed by atoms with Crippen LogP contribution in [0.3, 0.4) is 0 Å². The van der Waals surface area contributed by atoms with Crippen LogP contribution in [0.5, 0.6) is 5.75 Å². The molecule has 10 heteroatoms. The number of hydrogen-bond acceptors (Lipinski definition) is 7. The Balaban J connectivity index is 1.38. The van der Waals surface area contributed by atoms with E-state index in [0.717, 1.165) is 0 Å². The third-order valence-corrected chi connectivity index (χ3v) is 5.32. The number of fused-ring (bicyclic) bond motifs is 1. The van der Waals surface area contributed by atoms with Crippen molar-refractivity contribution >= 4 is 29.1 Å². The molecule has 0 radical (unpaired) electrons. The van der Waals surface area contributed by atoms with Gasteiger partial charge in [-0.3, -0.25) is 19.4 Å². The SMILES string of the molecule is Cc1nc(N2CCOCC2)[nH]c(=O)c1CCC(=O)Nc1ccc2c(c1)NC(=O)[C@H](C)O2. The third-order valence-electron chi connectivity index (χ3n) is 5.32. The van der Waals surface area contributed by atoms with Crippen molar-refractivity contribution in [2.75, 3.05) is 41.8 Å². The average Bonchev–Trinajstić information content (AvgIpc) is 2.74. The summed E-state index contributed by atoms with van der Waals surface area (Å²) in [6, 6.07) is 5.05. The van der Waals surface area contributed by atoms with E-state index in [-0.39, 0.29) is 30.2 Å². The van der Waals surface area contributed by atoms with Crippen LogP contribution in [0.15, 0.2) is 23.0 Å². The molecule has 0 aliphatic carbocycles. The predicted molar refractivity (Wildman–Crippen MR) is 115 cm³/mol. The van der Waals surface area contributed by atoms with Gasteiger partial charge >= 0.3 is 0 Å². The van der Waals surface area contributed by atoms with E-state index in [2.05, 4.69) is 20.6 Å². The van der Waals surface area contributed by atoms with Crippen molar-refractivity contribution in [2.45, 2.75) is 32.8 Å². The highest BCUT2D eigenvalue weighted by Crippen LogP contribution is 2.32. The van der Waals surface area contributed by atoms with Crippen LogP contribution in [0.4, 0.5) is 17.3 Å². The Labute approximate surface area is 179 Å². The summed E-state index contributed by atoms with van der Waals surface area (Å²) in [5.41, 5.74) is 1.92. The first-order valence-corrected chi connectivity index (χ1v) is 10.2. The number of ether oxygens (including phenoxy) is 2. The molecule has 4 rings (SSSR count). The molecule has 0 bridgehead atoms. The number of aromatic amines is 1. The highest BCUT2D eigenvalue weighted by molar-refractivity contribution is 5.99. The summed E-state index contributed by atoms with van der Waals surface area (Å²) < 4.78 is 10.8. The topological polar surface area (TPSA) is 126 Å². The molecule has 164 valence electrons. The van der Waals surface area contributed by atoms with Crippen LogP contribution < -0.4 is 25.8 Å². The standard InChI is InChI=1S/C21H25N5O5/c1-12-15(20(29)25-21(22-12)26-7-9-30-10-8-26)4-6-18(27)23-14-3-5-17-16(11-14)24-19(28)13(2)31-17/h3,5,11,13H,4,6-10H2,1-2H3,(H,23,27)(H,24,28)(H,22,25,29)/t13-/m0/s1. The average molecular weight is 427 g/mol. The first-order chi connectivity index (χ1) is 14.9. The van der Waals surface area contributed by atoms with Crippen LogP contribution in [-0.2, 0) is 20.7 Å². The Hall–Kier alpha value is -3.40. The summed E-state index contributed by atoms with van der Waals surface area (Å²) in [6.45, 7) is 5.99. The molecule has 31 heavy (non-hydrogen) atoms. The molecule has 1 saturated heterocycles. The number of carbonyl (C=O) groups is 2. The van der Waals surface area contributed by atoms with Crippen molar-refractivity contribution < 1.29 is 19.1 Å². The highest BCUT2D eigenvalue weighted by Gasteiger charge is 2.23. The van der Waals surface area contributed by atoms with Gasteiger partial charge in [-0.05, 0) is 38.5 Å². The van der Waals surface area contributed by atoms with Crippen molar-refractivity contribution in [1.29, 1.82) is 0 Å². The van der Waals surface area contributed by atoms with Gasteiger partial charge in [0.1, 0.15) is 5.75 Å². The van der Waals surface area contributed by atoms with Crippen molar-refractivity contribution in [2.24, 2.45) is 0 Å². The molecule has 2 aliphatic heterocycles. The van der Waals surface area contributed by atoms with Crippen LogP contribution in [0.2, 0.25) is 0 Å². The van der Waals surface area contributed by atoms with E-state index in [1.165, 1.54) is 0 Å². The summed E-state index contributed by atoms with van der Waals surface area (Å²) in [4.78, 5) is 46.1. The molecule has 2 amide bonds. The van der Waals surface area contributed by atoms with Crippen molar-refractivity contribution in [3.8, 4) is 5.75 Å². The van der Waals surface area contributed by atoms with Crippen LogP contribution >= 0.6 is 0 Å². The highest BCUT2D eigenvalue weighted by atomic mass is 16.5. The fourth-order valence-corrected chi connectivity index (χ4v) is 3.56. The second-order valence-corrected chi connectivity index (χ2v) is 7.56. The van der Waals surface area contributed by atoms with Gasteiger partial charge in [-0.25, -0.2) is 4.98 Å². The maximum Gasteiger partial charge on any atom is 0.265 e. The molecule has 3 heterocycles. The number of hydrogen-bond donors (Lipinski definition) is 3. The largest absolute Gasteiger partial charge is 0.479 e. The molecule has 2 aliphatic rings. The summed E-state index contributed by atoms with van der Waals surface area (Å²) >= 11 is 0. The zero-order chi connectivity index (χ0) is 22.0. The summed E-state index contributed by atoms with van der Waals surface area (Å²) in [6.07, 6.45) is -0.164. The number of H-pyrrole nitrogens is 1. The number of amides is 2. The molecular weight excluding hydrogens is 402 g/mol. The van der Waals surface area contributed by atoms with Gasteiger partial charge in [0, 0.05) is 36.5 Å². The van der Waals surface area contributed by atoms with E-state index in [0.29, 0.717) is 60.6 Å². The van der Waals surface area contributed by atoms with Gasteiger partial charge in [-0.2, -0.15) is 0 Å². The Morgan fingerprint density at radius 1 is 1.29 bits per heavy atom. The van der Waals surface area contributed by atoms with Gasteiger partial charge in [0.15, 0.2) is 6.10 Å². The molecule has 1 fully saturated rings. The lowest BCUT2D eigenvalue weighted by Gasteiger charge is -2.27.